The number of carbonyl (C=O) groups is 2. The van der Waals surface area contributed by atoms with Gasteiger partial charge < -0.3 is 14.7 Å². The highest BCUT2D eigenvalue weighted by molar-refractivity contribution is 5.87. The number of likely N-dealkylation sites (tertiary alicyclic amines) is 1. The fraction of sp³-hybridized carbons (Fsp3) is 0.600. The highest BCUT2D eigenvalue weighted by atomic mass is 16.5. The average Bonchev–Trinajstić information content (AvgIpc) is 2.59. The molecule has 25 heavy (non-hydrogen) atoms. The topological polar surface area (TPSA) is 66.8 Å². The van der Waals surface area contributed by atoms with Crippen LogP contribution in [0.4, 0.5) is 0 Å². The van der Waals surface area contributed by atoms with Crippen molar-refractivity contribution in [2.45, 2.75) is 46.0 Å². The van der Waals surface area contributed by atoms with Crippen molar-refractivity contribution < 1.29 is 19.4 Å². The summed E-state index contributed by atoms with van der Waals surface area (Å²) in [6, 6.07) is 7.70. The van der Waals surface area contributed by atoms with Gasteiger partial charge in [-0.05, 0) is 50.3 Å². The molecule has 0 atom stereocenters. The molecule has 5 heteroatoms. The minimum Gasteiger partial charge on any atom is -0.493 e. The molecule has 1 aliphatic rings. The molecular formula is C20H29NO4. The van der Waals surface area contributed by atoms with Crippen LogP contribution < -0.4 is 4.74 Å². The number of benzene rings is 1. The fourth-order valence-electron chi connectivity index (χ4n) is 3.08. The van der Waals surface area contributed by atoms with Gasteiger partial charge in [0.15, 0.2) is 0 Å². The fourth-order valence-corrected chi connectivity index (χ4v) is 3.08. The van der Waals surface area contributed by atoms with Gasteiger partial charge in [0, 0.05) is 13.1 Å². The maximum Gasteiger partial charge on any atom is 0.306 e. The molecule has 0 unspecified atom stereocenters. The minimum atomic E-state index is -0.761. The van der Waals surface area contributed by atoms with Crippen LogP contribution in [0.3, 0.4) is 0 Å². The number of hydrogen-bond acceptors (Lipinski definition) is 3. The third kappa shape index (κ3) is 4.74. The Morgan fingerprint density at radius 1 is 1.20 bits per heavy atom. The molecule has 0 radical (unpaired) electrons. The molecule has 0 spiro atoms. The van der Waals surface area contributed by atoms with Gasteiger partial charge in [0.2, 0.25) is 5.91 Å². The number of aliphatic carboxylic acids is 1. The number of ether oxygens (including phenoxy) is 1. The first-order valence-corrected chi connectivity index (χ1v) is 8.97. The average molecular weight is 347 g/mol. The lowest BCUT2D eigenvalue weighted by molar-refractivity contribution is -0.147. The second-order valence-electron chi connectivity index (χ2n) is 7.76. The van der Waals surface area contributed by atoms with Crippen LogP contribution in [0.1, 0.15) is 46.1 Å². The molecule has 1 N–H and O–H groups in total. The van der Waals surface area contributed by atoms with Gasteiger partial charge in [-0.25, -0.2) is 0 Å². The molecule has 0 bridgehead atoms. The number of nitrogens with zero attached hydrogens (tertiary/aromatic N) is 1. The van der Waals surface area contributed by atoms with Crippen LogP contribution in [0, 0.1) is 11.8 Å². The summed E-state index contributed by atoms with van der Waals surface area (Å²) in [5, 5.41) is 9.09. The lowest BCUT2D eigenvalue weighted by atomic mass is 9.82. The van der Waals surface area contributed by atoms with E-state index in [9.17, 15) is 9.59 Å². The molecule has 1 aromatic carbocycles. The van der Waals surface area contributed by atoms with Gasteiger partial charge >= 0.3 is 5.97 Å². The zero-order valence-corrected chi connectivity index (χ0v) is 15.6. The second kappa shape index (κ2) is 7.89. The van der Waals surface area contributed by atoms with Crippen molar-refractivity contribution in [2.24, 2.45) is 11.8 Å². The predicted molar refractivity (Wildman–Crippen MR) is 96.7 cm³/mol. The van der Waals surface area contributed by atoms with Crippen molar-refractivity contribution >= 4 is 11.9 Å². The molecule has 2 rings (SSSR count). The van der Waals surface area contributed by atoms with E-state index in [1.807, 2.05) is 38.1 Å². The van der Waals surface area contributed by atoms with E-state index < -0.39 is 11.4 Å². The summed E-state index contributed by atoms with van der Waals surface area (Å²) in [6.07, 6.45) is 1.05. The molecule has 138 valence electrons. The summed E-state index contributed by atoms with van der Waals surface area (Å²) in [5.41, 5.74) is 0.293. The van der Waals surface area contributed by atoms with Gasteiger partial charge in [0.1, 0.15) is 5.75 Å². The van der Waals surface area contributed by atoms with Crippen molar-refractivity contribution in [3.05, 3.63) is 29.8 Å². The van der Waals surface area contributed by atoms with Crippen LogP contribution in [-0.2, 0) is 15.0 Å². The molecular weight excluding hydrogens is 318 g/mol. The summed E-state index contributed by atoms with van der Waals surface area (Å²) in [4.78, 5) is 25.8. The molecule has 0 aromatic heterocycles. The van der Waals surface area contributed by atoms with Gasteiger partial charge in [-0.2, -0.15) is 0 Å². The van der Waals surface area contributed by atoms with E-state index in [-0.39, 0.29) is 11.8 Å². The van der Waals surface area contributed by atoms with E-state index in [0.717, 1.165) is 11.3 Å². The second-order valence-corrected chi connectivity index (χ2v) is 7.76. The molecule has 0 saturated carbocycles. The van der Waals surface area contributed by atoms with Crippen molar-refractivity contribution in [3.63, 3.8) is 0 Å². The van der Waals surface area contributed by atoms with Crippen molar-refractivity contribution in [3.8, 4) is 5.75 Å². The van der Waals surface area contributed by atoms with Gasteiger partial charge in [0.25, 0.3) is 0 Å². The molecule has 1 aromatic rings. The highest BCUT2D eigenvalue weighted by Crippen LogP contribution is 2.29. The van der Waals surface area contributed by atoms with E-state index in [0.29, 0.717) is 38.5 Å². The largest absolute Gasteiger partial charge is 0.493 e. The van der Waals surface area contributed by atoms with Gasteiger partial charge in [0.05, 0.1) is 17.9 Å². The smallest absolute Gasteiger partial charge is 0.306 e. The summed E-state index contributed by atoms with van der Waals surface area (Å²) in [6.45, 7) is 9.72. The van der Waals surface area contributed by atoms with E-state index in [1.165, 1.54) is 0 Å². The third-order valence-electron chi connectivity index (χ3n) is 4.83. The van der Waals surface area contributed by atoms with Crippen molar-refractivity contribution in [1.29, 1.82) is 0 Å². The van der Waals surface area contributed by atoms with Crippen LogP contribution in [-0.4, -0.2) is 41.6 Å². The Morgan fingerprint density at radius 2 is 1.76 bits per heavy atom. The normalized spacial score (nSPS) is 16.1. The molecule has 1 amide bonds. The molecule has 1 fully saturated rings. The van der Waals surface area contributed by atoms with Crippen LogP contribution >= 0.6 is 0 Å². The maximum absolute atomic E-state index is 12.9. The van der Waals surface area contributed by atoms with Gasteiger partial charge in [-0.15, -0.1) is 0 Å². The Kier molecular flexibility index (Phi) is 6.09. The quantitative estimate of drug-likeness (QED) is 0.857. The Bertz CT molecular complexity index is 599. The Labute approximate surface area is 150 Å². The highest BCUT2D eigenvalue weighted by Gasteiger charge is 2.36. The Hall–Kier alpha value is -2.04. The zero-order valence-electron chi connectivity index (χ0n) is 15.6. The number of piperidine rings is 1. The number of amides is 1. The number of carbonyl (C=O) groups excluding carboxylic acids is 1. The number of rotatable bonds is 6. The Balaban J connectivity index is 2.02. The van der Waals surface area contributed by atoms with E-state index in [4.69, 9.17) is 9.84 Å². The number of carboxylic acids is 1. The molecule has 1 heterocycles. The summed E-state index contributed by atoms with van der Waals surface area (Å²) < 4.78 is 5.70. The minimum absolute atomic E-state index is 0.0483. The van der Waals surface area contributed by atoms with Crippen molar-refractivity contribution in [2.75, 3.05) is 19.7 Å². The summed E-state index contributed by atoms with van der Waals surface area (Å²) in [5.74, 6) is 0.231. The lowest BCUT2D eigenvalue weighted by Gasteiger charge is -2.36. The molecule has 0 aliphatic carbocycles. The Morgan fingerprint density at radius 3 is 2.24 bits per heavy atom. The summed E-state index contributed by atoms with van der Waals surface area (Å²) >= 11 is 0. The van der Waals surface area contributed by atoms with Gasteiger partial charge in [-0.3, -0.25) is 9.59 Å². The summed E-state index contributed by atoms with van der Waals surface area (Å²) in [7, 11) is 0. The molecule has 5 nitrogen and oxygen atoms in total. The van der Waals surface area contributed by atoms with Crippen molar-refractivity contribution in [1.82, 2.24) is 4.90 Å². The van der Waals surface area contributed by atoms with Crippen LogP contribution in [0.2, 0.25) is 0 Å². The SMILES string of the molecule is CC(C)COc1ccc(C(C)(C)C(=O)N2CCC(C(=O)O)CC2)cc1. The van der Waals surface area contributed by atoms with E-state index >= 15 is 0 Å². The first-order valence-electron chi connectivity index (χ1n) is 8.97. The lowest BCUT2D eigenvalue weighted by Crippen LogP contribution is -2.47. The molecule has 1 aliphatic heterocycles. The van der Waals surface area contributed by atoms with E-state index in [1.54, 1.807) is 4.90 Å². The van der Waals surface area contributed by atoms with Crippen LogP contribution in [0.15, 0.2) is 24.3 Å². The maximum atomic E-state index is 12.9. The zero-order chi connectivity index (χ0) is 18.6. The first-order chi connectivity index (χ1) is 11.7. The third-order valence-corrected chi connectivity index (χ3v) is 4.83. The number of hydrogen-bond donors (Lipinski definition) is 1. The van der Waals surface area contributed by atoms with Crippen LogP contribution in [0.5, 0.6) is 5.75 Å². The standard InChI is InChI=1S/C20H29NO4/c1-14(2)13-25-17-7-5-16(6-8-17)20(3,4)19(24)21-11-9-15(10-12-21)18(22)23/h5-8,14-15H,9-13H2,1-4H3,(H,22,23). The predicted octanol–water partition coefficient (Wildman–Crippen LogP) is 3.32. The van der Waals surface area contributed by atoms with Crippen LogP contribution in [0.25, 0.3) is 0 Å². The number of carboxylic acid groups (broad SMARTS) is 1. The van der Waals surface area contributed by atoms with Gasteiger partial charge in [-0.1, -0.05) is 26.0 Å². The van der Waals surface area contributed by atoms with E-state index in [2.05, 4.69) is 13.8 Å². The molecule has 1 saturated heterocycles. The first kappa shape index (κ1) is 19.3. The monoisotopic (exact) mass is 347 g/mol.